The number of nitrogens with one attached hydrogen (secondary N) is 1. The lowest BCUT2D eigenvalue weighted by atomic mass is 10.3. The van der Waals surface area contributed by atoms with Gasteiger partial charge in [0.15, 0.2) is 0 Å². The van der Waals surface area contributed by atoms with Crippen LogP contribution in [0.1, 0.15) is 5.69 Å². The number of H-pyrrole nitrogens is 1. The highest BCUT2D eigenvalue weighted by Gasteiger charge is 2.28. The zero-order chi connectivity index (χ0) is 7.61. The smallest absolute Gasteiger partial charge is 0.265 e. The molecule has 0 unspecified atom stereocenters. The van der Waals surface area contributed by atoms with Gasteiger partial charge < -0.3 is 0 Å². The van der Waals surface area contributed by atoms with E-state index in [0.29, 0.717) is 0 Å². The van der Waals surface area contributed by atoms with Gasteiger partial charge in [-0.1, -0.05) is 5.21 Å². The number of halogens is 3. The van der Waals surface area contributed by atoms with E-state index in [1.54, 1.807) is 0 Å². The average molecular weight is 151 g/mol. The summed E-state index contributed by atoms with van der Waals surface area (Å²) in [6.07, 6.45) is -4.10. The van der Waals surface area contributed by atoms with Crippen molar-refractivity contribution in [3.63, 3.8) is 0 Å². The van der Waals surface area contributed by atoms with E-state index in [1.807, 2.05) is 0 Å². The maximum Gasteiger partial charge on any atom is 0.394 e. The molecule has 56 valence electrons. The quantitative estimate of drug-likeness (QED) is 0.648. The first-order valence-electron chi connectivity index (χ1n) is 2.50. The van der Waals surface area contributed by atoms with Crippen molar-refractivity contribution in [1.29, 1.82) is 0 Å². The first kappa shape index (κ1) is 7.04. The maximum absolute atomic E-state index is 11.5. The van der Waals surface area contributed by atoms with Gasteiger partial charge in [0.05, 0.1) is 12.1 Å². The Morgan fingerprint density at radius 3 is 2.60 bits per heavy atom. The molecule has 1 N–H and O–H groups in total. The van der Waals surface area contributed by atoms with Crippen molar-refractivity contribution in [3.05, 3.63) is 11.9 Å². The Kier molecular flexibility index (Phi) is 1.60. The van der Waals surface area contributed by atoms with E-state index in [1.165, 1.54) is 0 Å². The summed E-state index contributed by atoms with van der Waals surface area (Å²) in [6.45, 7) is 0. The van der Waals surface area contributed by atoms with Crippen LogP contribution in [0.15, 0.2) is 6.20 Å². The summed E-state index contributed by atoms with van der Waals surface area (Å²) in [7, 11) is 0. The van der Waals surface area contributed by atoms with Crippen LogP contribution in [-0.2, 0) is 6.42 Å². The van der Waals surface area contributed by atoms with E-state index in [0.717, 1.165) is 6.20 Å². The Hall–Kier alpha value is -1.07. The van der Waals surface area contributed by atoms with Gasteiger partial charge in [-0.05, 0) is 0 Å². The van der Waals surface area contributed by atoms with Gasteiger partial charge >= 0.3 is 6.18 Å². The Bertz CT molecular complexity index is 190. The van der Waals surface area contributed by atoms with Crippen molar-refractivity contribution in [2.24, 2.45) is 0 Å². The molecule has 0 aliphatic carbocycles. The molecule has 10 heavy (non-hydrogen) atoms. The lowest BCUT2D eigenvalue weighted by Gasteiger charge is -2.00. The summed E-state index contributed by atoms with van der Waals surface area (Å²) >= 11 is 0. The normalized spacial score (nSPS) is 11.9. The number of aromatic amines is 1. The van der Waals surface area contributed by atoms with Gasteiger partial charge in [0.2, 0.25) is 0 Å². The Balaban J connectivity index is 2.57. The molecule has 1 heterocycles. The van der Waals surface area contributed by atoms with Gasteiger partial charge in [0.1, 0.15) is 0 Å². The van der Waals surface area contributed by atoms with Crippen LogP contribution in [0.4, 0.5) is 13.2 Å². The summed E-state index contributed by atoms with van der Waals surface area (Å²) in [5, 5.41) is 8.50. The van der Waals surface area contributed by atoms with Gasteiger partial charge in [-0.15, -0.1) is 5.10 Å². The van der Waals surface area contributed by atoms with Crippen LogP contribution in [0.3, 0.4) is 0 Å². The number of hydrogen-bond donors (Lipinski definition) is 1. The van der Waals surface area contributed by atoms with Gasteiger partial charge in [0, 0.05) is 6.20 Å². The van der Waals surface area contributed by atoms with E-state index >= 15 is 0 Å². The standard InChI is InChI=1S/C4H4F3N3/c5-4(6,7)1-3-2-8-10-9-3/h2H,1H2,(H,8,9,10). The fraction of sp³-hybridized carbons (Fsp3) is 0.500. The van der Waals surface area contributed by atoms with Crippen LogP contribution >= 0.6 is 0 Å². The summed E-state index contributed by atoms with van der Waals surface area (Å²) in [6, 6.07) is 0. The summed E-state index contributed by atoms with van der Waals surface area (Å²) < 4.78 is 34.6. The monoisotopic (exact) mass is 151 g/mol. The van der Waals surface area contributed by atoms with Crippen molar-refractivity contribution >= 4 is 0 Å². The molecule has 1 aromatic heterocycles. The molecule has 0 fully saturated rings. The molecule has 0 saturated carbocycles. The minimum Gasteiger partial charge on any atom is -0.265 e. The fourth-order valence-electron chi connectivity index (χ4n) is 0.517. The third-order valence-corrected chi connectivity index (χ3v) is 0.849. The second-order valence-corrected chi connectivity index (χ2v) is 1.76. The number of nitrogens with zero attached hydrogens (tertiary/aromatic N) is 2. The molecular weight excluding hydrogens is 147 g/mol. The Labute approximate surface area is 54.2 Å². The number of rotatable bonds is 1. The SMILES string of the molecule is FC(F)(F)Cc1c[nH]nn1. The first-order chi connectivity index (χ1) is 4.58. The third kappa shape index (κ3) is 2.04. The van der Waals surface area contributed by atoms with Gasteiger partial charge in [-0.3, -0.25) is 5.10 Å². The summed E-state index contributed by atoms with van der Waals surface area (Å²) in [4.78, 5) is 0. The molecule has 0 radical (unpaired) electrons. The van der Waals surface area contributed by atoms with Crippen LogP contribution in [0.25, 0.3) is 0 Å². The van der Waals surface area contributed by atoms with E-state index in [4.69, 9.17) is 0 Å². The highest BCUT2D eigenvalue weighted by molar-refractivity contribution is 4.92. The van der Waals surface area contributed by atoms with Crippen LogP contribution in [0, 0.1) is 0 Å². The molecule has 0 aliphatic heterocycles. The van der Waals surface area contributed by atoms with Crippen molar-refractivity contribution in [2.45, 2.75) is 12.6 Å². The van der Waals surface area contributed by atoms with Gasteiger partial charge in [-0.25, -0.2) is 0 Å². The molecule has 0 amide bonds. The highest BCUT2D eigenvalue weighted by Crippen LogP contribution is 2.18. The van der Waals surface area contributed by atoms with Crippen molar-refractivity contribution in [3.8, 4) is 0 Å². The van der Waals surface area contributed by atoms with E-state index < -0.39 is 12.6 Å². The van der Waals surface area contributed by atoms with Crippen LogP contribution in [0.5, 0.6) is 0 Å². The largest absolute Gasteiger partial charge is 0.394 e. The summed E-state index contributed by atoms with van der Waals surface area (Å²) in [5.41, 5.74) is -0.0903. The second kappa shape index (κ2) is 2.28. The zero-order valence-electron chi connectivity index (χ0n) is 4.81. The first-order valence-corrected chi connectivity index (χ1v) is 2.50. The average Bonchev–Trinajstić information content (AvgIpc) is 2.12. The summed E-state index contributed by atoms with van der Waals surface area (Å²) in [5.74, 6) is 0. The van der Waals surface area contributed by atoms with E-state index in [9.17, 15) is 13.2 Å². The van der Waals surface area contributed by atoms with Crippen molar-refractivity contribution < 1.29 is 13.2 Å². The molecule has 0 aromatic carbocycles. The van der Waals surface area contributed by atoms with Gasteiger partial charge in [0.25, 0.3) is 0 Å². The number of hydrogen-bond acceptors (Lipinski definition) is 2. The van der Waals surface area contributed by atoms with E-state index in [2.05, 4.69) is 15.4 Å². The van der Waals surface area contributed by atoms with Crippen molar-refractivity contribution in [2.75, 3.05) is 0 Å². The molecule has 0 atom stereocenters. The topological polar surface area (TPSA) is 41.6 Å². The second-order valence-electron chi connectivity index (χ2n) is 1.76. The van der Waals surface area contributed by atoms with Crippen LogP contribution in [-0.4, -0.2) is 21.6 Å². The highest BCUT2D eigenvalue weighted by atomic mass is 19.4. The molecule has 6 heteroatoms. The molecule has 1 rings (SSSR count). The molecular formula is C4H4F3N3. The minimum atomic E-state index is -4.20. The maximum atomic E-state index is 11.5. The lowest BCUT2D eigenvalue weighted by Crippen LogP contribution is -2.11. The predicted molar refractivity (Wildman–Crippen MR) is 26.1 cm³/mol. The van der Waals surface area contributed by atoms with Crippen LogP contribution in [0.2, 0.25) is 0 Å². The van der Waals surface area contributed by atoms with E-state index in [-0.39, 0.29) is 5.69 Å². The number of aromatic nitrogens is 3. The molecule has 0 spiro atoms. The Morgan fingerprint density at radius 2 is 2.20 bits per heavy atom. The van der Waals surface area contributed by atoms with Gasteiger partial charge in [-0.2, -0.15) is 13.2 Å². The lowest BCUT2D eigenvalue weighted by molar-refractivity contribution is -0.127. The molecule has 0 bridgehead atoms. The Morgan fingerprint density at radius 1 is 1.50 bits per heavy atom. The van der Waals surface area contributed by atoms with Crippen LogP contribution < -0.4 is 0 Å². The third-order valence-electron chi connectivity index (χ3n) is 0.849. The number of alkyl halides is 3. The zero-order valence-corrected chi connectivity index (χ0v) is 4.81. The minimum absolute atomic E-state index is 0.0903. The molecule has 0 aliphatic rings. The molecule has 1 aromatic rings. The van der Waals surface area contributed by atoms with Crippen molar-refractivity contribution in [1.82, 2.24) is 15.4 Å². The molecule has 3 nitrogen and oxygen atoms in total. The fourth-order valence-corrected chi connectivity index (χ4v) is 0.517. The molecule has 0 saturated heterocycles. The predicted octanol–water partition coefficient (Wildman–Crippen LogP) is 0.909.